The standard InChI is InChI=1S/C23H27ClN2O5/c1-23(2,3)31-22(28)26-14-15-4-6-17(7-5-15)21(27)25-9-8-16-12-18(24)20-19(13-16)29-10-11-30-20/h4-7,12-13H,8-11,14H2,1-3H3,(H,25,27)(H,26,28). The number of benzene rings is 2. The van der Waals surface area contributed by atoms with Crippen LogP contribution in [0.15, 0.2) is 36.4 Å². The molecule has 1 aliphatic heterocycles. The molecule has 0 spiro atoms. The van der Waals surface area contributed by atoms with Crippen LogP contribution in [0.3, 0.4) is 0 Å². The molecule has 0 aliphatic carbocycles. The summed E-state index contributed by atoms with van der Waals surface area (Å²) in [5.41, 5.74) is 1.82. The highest BCUT2D eigenvalue weighted by Crippen LogP contribution is 2.38. The fraction of sp³-hybridized carbons (Fsp3) is 0.391. The van der Waals surface area contributed by atoms with Crippen LogP contribution >= 0.6 is 11.6 Å². The molecule has 0 saturated heterocycles. The first-order valence-corrected chi connectivity index (χ1v) is 10.5. The van der Waals surface area contributed by atoms with Crippen LogP contribution in [0.5, 0.6) is 11.5 Å². The number of rotatable bonds is 6. The molecule has 0 fully saturated rings. The summed E-state index contributed by atoms with van der Waals surface area (Å²) in [6.07, 6.45) is 0.133. The maximum absolute atomic E-state index is 12.4. The fourth-order valence-corrected chi connectivity index (χ4v) is 3.28. The van der Waals surface area contributed by atoms with E-state index in [1.165, 1.54) is 0 Å². The number of carbonyl (C=O) groups is 2. The minimum atomic E-state index is -0.544. The number of carbonyl (C=O) groups excluding carboxylic acids is 2. The Kier molecular flexibility index (Phi) is 7.28. The Labute approximate surface area is 187 Å². The molecular formula is C23H27ClN2O5. The Hall–Kier alpha value is -2.93. The van der Waals surface area contributed by atoms with E-state index in [0.29, 0.717) is 54.8 Å². The lowest BCUT2D eigenvalue weighted by Gasteiger charge is -2.20. The maximum atomic E-state index is 12.4. The van der Waals surface area contributed by atoms with Gasteiger partial charge in [-0.2, -0.15) is 0 Å². The minimum Gasteiger partial charge on any atom is -0.486 e. The van der Waals surface area contributed by atoms with Gasteiger partial charge in [0, 0.05) is 18.7 Å². The molecule has 8 heteroatoms. The van der Waals surface area contributed by atoms with E-state index in [2.05, 4.69) is 10.6 Å². The van der Waals surface area contributed by atoms with Crippen molar-refractivity contribution in [1.82, 2.24) is 10.6 Å². The molecule has 0 saturated carbocycles. The molecule has 0 atom stereocenters. The topological polar surface area (TPSA) is 85.9 Å². The van der Waals surface area contributed by atoms with E-state index >= 15 is 0 Å². The van der Waals surface area contributed by atoms with Crippen LogP contribution < -0.4 is 20.1 Å². The monoisotopic (exact) mass is 446 g/mol. The molecule has 7 nitrogen and oxygen atoms in total. The Balaban J connectivity index is 1.47. The molecule has 2 aromatic rings. The predicted octanol–water partition coefficient (Wildman–Crippen LogP) is 4.11. The molecule has 0 aromatic heterocycles. The van der Waals surface area contributed by atoms with Crippen LogP contribution in [-0.4, -0.2) is 37.4 Å². The van der Waals surface area contributed by atoms with Gasteiger partial charge in [0.25, 0.3) is 5.91 Å². The summed E-state index contributed by atoms with van der Waals surface area (Å²) in [7, 11) is 0. The predicted molar refractivity (Wildman–Crippen MR) is 118 cm³/mol. The molecule has 0 bridgehead atoms. The van der Waals surface area contributed by atoms with Gasteiger partial charge >= 0.3 is 6.09 Å². The molecule has 0 unspecified atom stereocenters. The first kappa shape index (κ1) is 22.7. The molecule has 3 rings (SSSR count). The second kappa shape index (κ2) is 9.92. The number of ether oxygens (including phenoxy) is 3. The summed E-state index contributed by atoms with van der Waals surface area (Å²) in [4.78, 5) is 24.1. The lowest BCUT2D eigenvalue weighted by atomic mass is 10.1. The third-order valence-corrected chi connectivity index (χ3v) is 4.69. The lowest BCUT2D eigenvalue weighted by Crippen LogP contribution is -2.32. The van der Waals surface area contributed by atoms with Gasteiger partial charge < -0.3 is 24.8 Å². The number of fused-ring (bicyclic) bond motifs is 1. The number of nitrogens with one attached hydrogen (secondary N) is 2. The maximum Gasteiger partial charge on any atom is 0.407 e. The summed E-state index contributed by atoms with van der Waals surface area (Å²) in [6.45, 7) is 7.18. The largest absolute Gasteiger partial charge is 0.486 e. The summed E-state index contributed by atoms with van der Waals surface area (Å²) < 4.78 is 16.3. The van der Waals surface area contributed by atoms with Crippen molar-refractivity contribution in [2.24, 2.45) is 0 Å². The zero-order valence-electron chi connectivity index (χ0n) is 17.9. The first-order valence-electron chi connectivity index (χ1n) is 10.1. The van der Waals surface area contributed by atoms with E-state index in [0.717, 1.165) is 11.1 Å². The summed E-state index contributed by atoms with van der Waals surface area (Å²) in [5, 5.41) is 6.10. The average molecular weight is 447 g/mol. The molecule has 2 aromatic carbocycles. The van der Waals surface area contributed by atoms with Crippen LogP contribution in [0.1, 0.15) is 42.3 Å². The number of amides is 2. The van der Waals surface area contributed by atoms with Crippen molar-refractivity contribution in [2.75, 3.05) is 19.8 Å². The zero-order valence-corrected chi connectivity index (χ0v) is 18.7. The van der Waals surface area contributed by atoms with Gasteiger partial charge in [-0.25, -0.2) is 4.79 Å². The van der Waals surface area contributed by atoms with Crippen LogP contribution in [0.25, 0.3) is 0 Å². The molecule has 0 radical (unpaired) electrons. The normalized spacial score (nSPS) is 12.8. The average Bonchev–Trinajstić information content (AvgIpc) is 2.71. The minimum absolute atomic E-state index is 0.171. The van der Waals surface area contributed by atoms with E-state index < -0.39 is 11.7 Å². The van der Waals surface area contributed by atoms with E-state index in [1.54, 1.807) is 24.3 Å². The number of halogens is 1. The molecule has 166 valence electrons. The third-order valence-electron chi connectivity index (χ3n) is 4.41. The van der Waals surface area contributed by atoms with Crippen molar-refractivity contribution in [3.63, 3.8) is 0 Å². The molecule has 2 amide bonds. The Bertz CT molecular complexity index is 938. The first-order chi connectivity index (χ1) is 14.7. The molecular weight excluding hydrogens is 420 g/mol. The highest BCUT2D eigenvalue weighted by atomic mass is 35.5. The van der Waals surface area contributed by atoms with Gasteiger partial charge in [0.1, 0.15) is 18.8 Å². The van der Waals surface area contributed by atoms with Crippen molar-refractivity contribution < 1.29 is 23.8 Å². The molecule has 31 heavy (non-hydrogen) atoms. The number of alkyl carbamates (subject to hydrolysis) is 1. The second-order valence-corrected chi connectivity index (χ2v) is 8.57. The second-order valence-electron chi connectivity index (χ2n) is 8.16. The van der Waals surface area contributed by atoms with Gasteiger partial charge in [-0.3, -0.25) is 4.79 Å². The summed E-state index contributed by atoms with van der Waals surface area (Å²) in [5.74, 6) is 1.04. The third kappa shape index (κ3) is 6.79. The number of hydrogen-bond donors (Lipinski definition) is 2. The Morgan fingerprint density at radius 3 is 2.45 bits per heavy atom. The van der Waals surface area contributed by atoms with E-state index in [-0.39, 0.29) is 5.91 Å². The quantitative estimate of drug-likeness (QED) is 0.697. The van der Waals surface area contributed by atoms with Crippen LogP contribution in [0, 0.1) is 0 Å². The smallest absolute Gasteiger partial charge is 0.407 e. The van der Waals surface area contributed by atoms with E-state index in [1.807, 2.05) is 32.9 Å². The van der Waals surface area contributed by atoms with Crippen molar-refractivity contribution >= 4 is 23.6 Å². The van der Waals surface area contributed by atoms with Gasteiger partial charge in [0.05, 0.1) is 5.02 Å². The van der Waals surface area contributed by atoms with E-state index in [4.69, 9.17) is 25.8 Å². The van der Waals surface area contributed by atoms with Gasteiger partial charge in [0.15, 0.2) is 11.5 Å². The number of hydrogen-bond acceptors (Lipinski definition) is 5. The van der Waals surface area contributed by atoms with Crippen molar-refractivity contribution in [1.29, 1.82) is 0 Å². The van der Waals surface area contributed by atoms with Crippen molar-refractivity contribution in [3.05, 3.63) is 58.1 Å². The van der Waals surface area contributed by atoms with E-state index in [9.17, 15) is 9.59 Å². The van der Waals surface area contributed by atoms with Crippen LogP contribution in [-0.2, 0) is 17.7 Å². The zero-order chi connectivity index (χ0) is 22.4. The van der Waals surface area contributed by atoms with Gasteiger partial charge in [-0.15, -0.1) is 0 Å². The van der Waals surface area contributed by atoms with Crippen molar-refractivity contribution in [2.45, 2.75) is 39.3 Å². The van der Waals surface area contributed by atoms with Crippen LogP contribution in [0.4, 0.5) is 4.79 Å². The molecule has 1 heterocycles. The van der Waals surface area contributed by atoms with Gasteiger partial charge in [-0.1, -0.05) is 23.7 Å². The summed E-state index contributed by atoms with van der Waals surface area (Å²) >= 11 is 6.25. The molecule has 2 N–H and O–H groups in total. The molecule has 1 aliphatic rings. The fourth-order valence-electron chi connectivity index (χ4n) is 2.99. The lowest BCUT2D eigenvalue weighted by molar-refractivity contribution is 0.0523. The summed E-state index contributed by atoms with van der Waals surface area (Å²) in [6, 6.07) is 10.8. The Morgan fingerprint density at radius 2 is 1.74 bits per heavy atom. The van der Waals surface area contributed by atoms with Gasteiger partial charge in [0.2, 0.25) is 0 Å². The van der Waals surface area contributed by atoms with Crippen LogP contribution in [0.2, 0.25) is 5.02 Å². The Morgan fingerprint density at radius 1 is 1.03 bits per heavy atom. The highest BCUT2D eigenvalue weighted by molar-refractivity contribution is 6.32. The van der Waals surface area contributed by atoms with Crippen molar-refractivity contribution in [3.8, 4) is 11.5 Å². The SMILES string of the molecule is CC(C)(C)OC(=O)NCc1ccc(C(=O)NCCc2cc(Cl)c3c(c2)OCCO3)cc1. The van der Waals surface area contributed by atoms with Gasteiger partial charge in [-0.05, 0) is 62.6 Å². The highest BCUT2D eigenvalue weighted by Gasteiger charge is 2.17.